The molecule has 2 N–H and O–H groups in total. The molecule has 152 valence electrons. The largest absolute Gasteiger partial charge is 0.382 e. The van der Waals surface area contributed by atoms with Gasteiger partial charge in [-0.2, -0.15) is 0 Å². The first-order valence-corrected chi connectivity index (χ1v) is 9.57. The third kappa shape index (κ3) is 8.92. The van der Waals surface area contributed by atoms with Crippen molar-refractivity contribution in [2.24, 2.45) is 10.9 Å². The molecule has 1 heterocycles. The molecule has 1 atom stereocenters. The second-order valence-corrected chi connectivity index (χ2v) is 6.58. The number of carbonyl (C=O) groups excluding carboxylic acids is 1. The molecule has 1 fully saturated rings. The van der Waals surface area contributed by atoms with Crippen LogP contribution in [0.2, 0.25) is 0 Å². The molecule has 1 saturated heterocycles. The van der Waals surface area contributed by atoms with Gasteiger partial charge < -0.3 is 20.3 Å². The Morgan fingerprint density at radius 2 is 2.07 bits per heavy atom. The number of hydrogen-bond donors (Lipinski definition) is 2. The van der Waals surface area contributed by atoms with Crippen LogP contribution in [0.4, 0.5) is 0 Å². The molecule has 0 aromatic heterocycles. The van der Waals surface area contributed by atoms with E-state index in [9.17, 15) is 4.79 Å². The fraction of sp³-hybridized carbons (Fsp3) is 0.600. The van der Waals surface area contributed by atoms with Crippen molar-refractivity contribution < 1.29 is 9.53 Å². The van der Waals surface area contributed by atoms with Crippen LogP contribution in [0.5, 0.6) is 0 Å². The summed E-state index contributed by atoms with van der Waals surface area (Å²) in [4.78, 5) is 18.5. The van der Waals surface area contributed by atoms with E-state index in [-0.39, 0.29) is 29.9 Å². The van der Waals surface area contributed by atoms with Crippen molar-refractivity contribution in [3.05, 3.63) is 35.9 Å². The maximum atomic E-state index is 12.2. The first-order valence-electron chi connectivity index (χ1n) is 9.57. The van der Waals surface area contributed by atoms with Gasteiger partial charge in [0.1, 0.15) is 0 Å². The molecule has 1 aromatic carbocycles. The number of rotatable bonds is 10. The Balaban J connectivity index is 0.00000364. The fourth-order valence-electron chi connectivity index (χ4n) is 3.10. The number of guanidine groups is 1. The summed E-state index contributed by atoms with van der Waals surface area (Å²) < 4.78 is 5.33. The standard InChI is InChI=1S/C20H32N4O2.HI/c1-3-26-13-7-11-22-20(21-2)23-15-18-14-19(25)24(16-18)12-10-17-8-5-4-6-9-17;/h4-6,8-9,18H,3,7,10-16H2,1-2H3,(H2,21,22,23);1H. The van der Waals surface area contributed by atoms with Crippen LogP contribution in [0.3, 0.4) is 0 Å². The Kier molecular flexibility index (Phi) is 12.1. The van der Waals surface area contributed by atoms with Crippen LogP contribution in [-0.2, 0) is 16.0 Å². The molecule has 27 heavy (non-hydrogen) atoms. The van der Waals surface area contributed by atoms with Gasteiger partial charge in [-0.25, -0.2) is 0 Å². The van der Waals surface area contributed by atoms with Gasteiger partial charge in [-0.1, -0.05) is 30.3 Å². The Morgan fingerprint density at radius 3 is 2.78 bits per heavy atom. The minimum absolute atomic E-state index is 0. The van der Waals surface area contributed by atoms with E-state index in [1.54, 1.807) is 7.05 Å². The molecular formula is C20H33IN4O2. The van der Waals surface area contributed by atoms with Crippen molar-refractivity contribution >= 4 is 35.8 Å². The molecule has 2 rings (SSSR count). The summed E-state index contributed by atoms with van der Waals surface area (Å²) in [6, 6.07) is 10.3. The average Bonchev–Trinajstić information content (AvgIpc) is 3.03. The highest BCUT2D eigenvalue weighted by atomic mass is 127. The third-order valence-corrected chi connectivity index (χ3v) is 4.55. The van der Waals surface area contributed by atoms with E-state index < -0.39 is 0 Å². The van der Waals surface area contributed by atoms with Crippen molar-refractivity contribution in [3.63, 3.8) is 0 Å². The number of likely N-dealkylation sites (tertiary alicyclic amines) is 1. The van der Waals surface area contributed by atoms with E-state index in [1.165, 1.54) is 5.56 Å². The van der Waals surface area contributed by atoms with Crippen LogP contribution >= 0.6 is 24.0 Å². The van der Waals surface area contributed by atoms with E-state index in [1.807, 2.05) is 30.0 Å². The SMILES string of the molecule is CCOCCCNC(=NC)NCC1CC(=O)N(CCc2ccccc2)C1.I. The summed E-state index contributed by atoms with van der Waals surface area (Å²) in [6.45, 7) is 6.71. The smallest absolute Gasteiger partial charge is 0.223 e. The molecular weight excluding hydrogens is 455 g/mol. The fourth-order valence-corrected chi connectivity index (χ4v) is 3.10. The Morgan fingerprint density at radius 1 is 1.30 bits per heavy atom. The molecule has 0 aliphatic carbocycles. The number of hydrogen-bond acceptors (Lipinski definition) is 3. The van der Waals surface area contributed by atoms with Gasteiger partial charge in [-0.05, 0) is 25.3 Å². The normalized spacial score (nSPS) is 17.0. The number of nitrogens with one attached hydrogen (secondary N) is 2. The summed E-state index contributed by atoms with van der Waals surface area (Å²) in [7, 11) is 1.77. The minimum atomic E-state index is 0. The van der Waals surface area contributed by atoms with Crippen molar-refractivity contribution in [3.8, 4) is 0 Å². The molecule has 0 radical (unpaired) electrons. The van der Waals surface area contributed by atoms with Crippen molar-refractivity contribution in [1.82, 2.24) is 15.5 Å². The summed E-state index contributed by atoms with van der Waals surface area (Å²) in [5.41, 5.74) is 1.28. The zero-order valence-corrected chi connectivity index (χ0v) is 18.8. The maximum Gasteiger partial charge on any atom is 0.223 e. The topological polar surface area (TPSA) is 66.0 Å². The van der Waals surface area contributed by atoms with E-state index in [4.69, 9.17) is 4.74 Å². The minimum Gasteiger partial charge on any atom is -0.382 e. The monoisotopic (exact) mass is 488 g/mol. The number of aliphatic imine (C=N–C) groups is 1. The molecule has 1 aliphatic rings. The predicted octanol–water partition coefficient (Wildman–Crippen LogP) is 2.29. The van der Waals surface area contributed by atoms with E-state index in [2.05, 4.69) is 27.8 Å². The first-order chi connectivity index (χ1) is 12.7. The highest BCUT2D eigenvalue weighted by Crippen LogP contribution is 2.17. The lowest BCUT2D eigenvalue weighted by atomic mass is 10.1. The quantitative estimate of drug-likeness (QED) is 0.230. The molecule has 0 bridgehead atoms. The zero-order valence-electron chi connectivity index (χ0n) is 16.4. The Hall–Kier alpha value is -1.35. The van der Waals surface area contributed by atoms with Crippen LogP contribution in [0.15, 0.2) is 35.3 Å². The maximum absolute atomic E-state index is 12.2. The van der Waals surface area contributed by atoms with Gasteiger partial charge in [0.25, 0.3) is 0 Å². The molecule has 1 unspecified atom stereocenters. The van der Waals surface area contributed by atoms with Crippen LogP contribution in [-0.4, -0.2) is 63.2 Å². The Labute approximate surface area is 180 Å². The summed E-state index contributed by atoms with van der Waals surface area (Å²) >= 11 is 0. The van der Waals surface area contributed by atoms with E-state index in [0.29, 0.717) is 12.3 Å². The average molecular weight is 488 g/mol. The van der Waals surface area contributed by atoms with E-state index in [0.717, 1.165) is 58.2 Å². The first kappa shape index (κ1) is 23.7. The van der Waals surface area contributed by atoms with Gasteiger partial charge in [-0.3, -0.25) is 9.79 Å². The second kappa shape index (κ2) is 13.8. The third-order valence-electron chi connectivity index (χ3n) is 4.55. The lowest BCUT2D eigenvalue weighted by molar-refractivity contribution is -0.127. The highest BCUT2D eigenvalue weighted by Gasteiger charge is 2.29. The molecule has 1 aliphatic heterocycles. The summed E-state index contributed by atoms with van der Waals surface area (Å²) in [6.07, 6.45) is 2.47. The second-order valence-electron chi connectivity index (χ2n) is 6.58. The number of nitrogens with zero attached hydrogens (tertiary/aromatic N) is 2. The number of benzene rings is 1. The summed E-state index contributed by atoms with van der Waals surface area (Å²) in [5, 5.41) is 6.62. The number of carbonyl (C=O) groups is 1. The zero-order chi connectivity index (χ0) is 18.6. The van der Waals surface area contributed by atoms with Crippen molar-refractivity contribution in [1.29, 1.82) is 0 Å². The molecule has 0 spiro atoms. The van der Waals surface area contributed by atoms with Crippen LogP contribution in [0.1, 0.15) is 25.3 Å². The van der Waals surface area contributed by atoms with E-state index >= 15 is 0 Å². The van der Waals surface area contributed by atoms with Gasteiger partial charge in [0.2, 0.25) is 5.91 Å². The number of amides is 1. The lowest BCUT2D eigenvalue weighted by Gasteiger charge is -2.18. The molecule has 7 heteroatoms. The van der Waals surface area contributed by atoms with Crippen LogP contribution < -0.4 is 10.6 Å². The summed E-state index contributed by atoms with van der Waals surface area (Å²) in [5.74, 6) is 1.38. The Bertz CT molecular complexity index is 568. The van der Waals surface area contributed by atoms with Gasteiger partial charge >= 0.3 is 0 Å². The molecule has 1 aromatic rings. The van der Waals surface area contributed by atoms with Gasteiger partial charge in [0, 0.05) is 58.8 Å². The van der Waals surface area contributed by atoms with Crippen LogP contribution in [0.25, 0.3) is 0 Å². The van der Waals surface area contributed by atoms with Crippen molar-refractivity contribution in [2.45, 2.75) is 26.2 Å². The van der Waals surface area contributed by atoms with Crippen LogP contribution in [0, 0.1) is 5.92 Å². The molecule has 1 amide bonds. The predicted molar refractivity (Wildman–Crippen MR) is 121 cm³/mol. The van der Waals surface area contributed by atoms with Crippen molar-refractivity contribution in [2.75, 3.05) is 46.4 Å². The van der Waals surface area contributed by atoms with Gasteiger partial charge in [0.05, 0.1) is 0 Å². The lowest BCUT2D eigenvalue weighted by Crippen LogP contribution is -2.40. The molecule has 0 saturated carbocycles. The highest BCUT2D eigenvalue weighted by molar-refractivity contribution is 14.0. The van der Waals surface area contributed by atoms with Gasteiger partial charge in [-0.15, -0.1) is 24.0 Å². The number of halogens is 1. The number of ether oxygens (including phenoxy) is 1. The molecule has 6 nitrogen and oxygen atoms in total. The van der Waals surface area contributed by atoms with Gasteiger partial charge in [0.15, 0.2) is 5.96 Å².